The number of anilines is 1. The average Bonchev–Trinajstić information content (AvgIpc) is 2.39. The molecule has 104 valence electrons. The molecule has 0 bridgehead atoms. The van der Waals surface area contributed by atoms with Crippen LogP contribution in [0.3, 0.4) is 0 Å². The van der Waals surface area contributed by atoms with Gasteiger partial charge in [-0.15, -0.1) is 0 Å². The Bertz CT molecular complexity index is 509. The number of nitrogens with zero attached hydrogens (tertiary/aromatic N) is 2. The van der Waals surface area contributed by atoms with E-state index in [4.69, 9.17) is 16.3 Å². The van der Waals surface area contributed by atoms with Gasteiger partial charge in [-0.05, 0) is 19.8 Å². The molecule has 0 radical (unpaired) electrons. The van der Waals surface area contributed by atoms with E-state index in [0.29, 0.717) is 43.2 Å². The summed E-state index contributed by atoms with van der Waals surface area (Å²) in [5.41, 5.74) is 0.126. The number of nitrogens with one attached hydrogen (secondary N) is 1. The molecular formula is C12H16ClN3O3. The van der Waals surface area contributed by atoms with Gasteiger partial charge in [-0.3, -0.25) is 9.59 Å². The van der Waals surface area contributed by atoms with Crippen LogP contribution in [-0.4, -0.2) is 35.9 Å². The number of halogens is 1. The lowest BCUT2D eigenvalue weighted by molar-refractivity contribution is -0.148. The Balaban J connectivity index is 2.04. The highest BCUT2D eigenvalue weighted by molar-refractivity contribution is 6.33. The highest BCUT2D eigenvalue weighted by Crippen LogP contribution is 2.26. The first-order valence-corrected chi connectivity index (χ1v) is 6.66. The van der Waals surface area contributed by atoms with Gasteiger partial charge in [-0.2, -0.15) is 5.10 Å². The van der Waals surface area contributed by atoms with Gasteiger partial charge in [0.15, 0.2) is 0 Å². The standard InChI is InChI=1S/C12H16ClN3O3/c1-2-19-12(18)8-3-5-16(6-4-8)10-9(13)7-14-15-11(10)17/h7-8H,2-6H2,1H3,(H,15,17). The summed E-state index contributed by atoms with van der Waals surface area (Å²) < 4.78 is 5.01. The van der Waals surface area contributed by atoms with Crippen molar-refractivity contribution in [2.24, 2.45) is 5.92 Å². The first-order valence-electron chi connectivity index (χ1n) is 6.28. The molecule has 6 nitrogen and oxygen atoms in total. The second-order valence-corrected chi connectivity index (χ2v) is 4.82. The molecule has 1 aromatic heterocycles. The SMILES string of the molecule is CCOC(=O)C1CCN(c2c(Cl)cn[nH]c2=O)CC1. The molecule has 1 aliphatic rings. The minimum Gasteiger partial charge on any atom is -0.466 e. The average molecular weight is 286 g/mol. The van der Waals surface area contributed by atoms with E-state index in [0.717, 1.165) is 0 Å². The number of piperidine rings is 1. The molecule has 1 aromatic rings. The van der Waals surface area contributed by atoms with Crippen molar-refractivity contribution >= 4 is 23.3 Å². The molecule has 0 unspecified atom stereocenters. The van der Waals surface area contributed by atoms with Crippen LogP contribution in [0.5, 0.6) is 0 Å². The van der Waals surface area contributed by atoms with E-state index in [1.54, 1.807) is 6.92 Å². The summed E-state index contributed by atoms with van der Waals surface area (Å²) in [6, 6.07) is 0. The minimum atomic E-state index is -0.304. The molecule has 2 heterocycles. The highest BCUT2D eigenvalue weighted by atomic mass is 35.5. The van der Waals surface area contributed by atoms with E-state index >= 15 is 0 Å². The lowest BCUT2D eigenvalue weighted by Crippen LogP contribution is -2.39. The monoisotopic (exact) mass is 285 g/mol. The van der Waals surface area contributed by atoms with Crippen molar-refractivity contribution in [1.82, 2.24) is 10.2 Å². The molecular weight excluding hydrogens is 270 g/mol. The molecule has 2 rings (SSSR count). The zero-order valence-corrected chi connectivity index (χ0v) is 11.4. The molecule has 1 fully saturated rings. The molecule has 0 saturated carbocycles. The first kappa shape index (κ1) is 13.9. The molecule has 0 spiro atoms. The van der Waals surface area contributed by atoms with Crippen molar-refractivity contribution in [1.29, 1.82) is 0 Å². The van der Waals surface area contributed by atoms with E-state index in [1.165, 1.54) is 6.20 Å². The summed E-state index contributed by atoms with van der Waals surface area (Å²) in [6.45, 7) is 3.41. The van der Waals surface area contributed by atoms with Gasteiger partial charge in [0, 0.05) is 13.1 Å². The van der Waals surface area contributed by atoms with Crippen LogP contribution in [0, 0.1) is 5.92 Å². The molecule has 0 atom stereocenters. The normalized spacial score (nSPS) is 16.4. The first-order chi connectivity index (χ1) is 9.13. The van der Waals surface area contributed by atoms with E-state index < -0.39 is 0 Å². The Morgan fingerprint density at radius 2 is 2.26 bits per heavy atom. The fourth-order valence-electron chi connectivity index (χ4n) is 2.26. The van der Waals surface area contributed by atoms with Gasteiger partial charge < -0.3 is 9.64 Å². The van der Waals surface area contributed by atoms with Gasteiger partial charge in [-0.1, -0.05) is 11.6 Å². The Morgan fingerprint density at radius 3 is 2.84 bits per heavy atom. The quantitative estimate of drug-likeness (QED) is 0.845. The number of H-pyrrole nitrogens is 1. The lowest BCUT2D eigenvalue weighted by atomic mass is 9.97. The van der Waals surface area contributed by atoms with Crippen LogP contribution in [-0.2, 0) is 9.53 Å². The molecule has 1 N–H and O–H groups in total. The maximum atomic E-state index is 11.7. The van der Waals surface area contributed by atoms with Crippen LogP contribution in [0.25, 0.3) is 0 Å². The highest BCUT2D eigenvalue weighted by Gasteiger charge is 2.27. The Morgan fingerprint density at radius 1 is 1.58 bits per heavy atom. The van der Waals surface area contributed by atoms with Crippen molar-refractivity contribution in [3.63, 3.8) is 0 Å². The number of ether oxygens (including phenoxy) is 1. The molecule has 0 aliphatic carbocycles. The third-order valence-corrected chi connectivity index (χ3v) is 3.49. The van der Waals surface area contributed by atoms with Crippen LogP contribution in [0.15, 0.2) is 11.0 Å². The van der Waals surface area contributed by atoms with Gasteiger partial charge in [-0.25, -0.2) is 5.10 Å². The van der Waals surface area contributed by atoms with Gasteiger partial charge in [0.1, 0.15) is 5.69 Å². The number of carbonyl (C=O) groups excluding carboxylic acids is 1. The minimum absolute atomic E-state index is 0.0871. The van der Waals surface area contributed by atoms with Gasteiger partial charge in [0.05, 0.1) is 23.7 Å². The van der Waals surface area contributed by atoms with Gasteiger partial charge >= 0.3 is 5.97 Å². The van der Waals surface area contributed by atoms with Crippen molar-refractivity contribution in [2.45, 2.75) is 19.8 Å². The molecule has 7 heteroatoms. The van der Waals surface area contributed by atoms with E-state index in [9.17, 15) is 9.59 Å². The number of hydrogen-bond donors (Lipinski definition) is 1. The van der Waals surface area contributed by atoms with E-state index in [2.05, 4.69) is 10.2 Å². The smallest absolute Gasteiger partial charge is 0.309 e. The van der Waals surface area contributed by atoms with Gasteiger partial charge in [0.2, 0.25) is 0 Å². The maximum Gasteiger partial charge on any atom is 0.309 e. The Labute approximate surface area is 115 Å². The number of rotatable bonds is 3. The van der Waals surface area contributed by atoms with Crippen LogP contribution >= 0.6 is 11.6 Å². The third-order valence-electron chi connectivity index (χ3n) is 3.22. The predicted molar refractivity (Wildman–Crippen MR) is 71.4 cm³/mol. The molecule has 1 aliphatic heterocycles. The van der Waals surface area contributed by atoms with Crippen molar-refractivity contribution in [3.05, 3.63) is 21.6 Å². The third kappa shape index (κ3) is 3.07. The van der Waals surface area contributed by atoms with E-state index in [1.807, 2.05) is 4.90 Å². The molecule has 19 heavy (non-hydrogen) atoms. The molecule has 0 amide bonds. The zero-order chi connectivity index (χ0) is 13.8. The van der Waals surface area contributed by atoms with Crippen LogP contribution in [0.4, 0.5) is 5.69 Å². The van der Waals surface area contributed by atoms with Crippen molar-refractivity contribution < 1.29 is 9.53 Å². The fraction of sp³-hybridized carbons (Fsp3) is 0.583. The number of aromatic amines is 1. The van der Waals surface area contributed by atoms with Crippen LogP contribution in [0.1, 0.15) is 19.8 Å². The number of aromatic nitrogens is 2. The zero-order valence-electron chi connectivity index (χ0n) is 10.7. The predicted octanol–water partition coefficient (Wildman–Crippen LogP) is 1.20. The summed E-state index contributed by atoms with van der Waals surface area (Å²) >= 11 is 6.00. The maximum absolute atomic E-state index is 11.7. The second kappa shape index (κ2) is 6.06. The number of hydrogen-bond acceptors (Lipinski definition) is 5. The summed E-state index contributed by atoms with van der Waals surface area (Å²) in [6.07, 6.45) is 2.74. The van der Waals surface area contributed by atoms with Crippen molar-refractivity contribution in [2.75, 3.05) is 24.6 Å². The van der Waals surface area contributed by atoms with Crippen LogP contribution < -0.4 is 10.5 Å². The summed E-state index contributed by atoms with van der Waals surface area (Å²) in [5, 5.41) is 6.34. The topological polar surface area (TPSA) is 75.3 Å². The van der Waals surface area contributed by atoms with E-state index in [-0.39, 0.29) is 17.4 Å². The Kier molecular flexibility index (Phi) is 4.42. The molecule has 1 saturated heterocycles. The number of carbonyl (C=O) groups is 1. The lowest BCUT2D eigenvalue weighted by Gasteiger charge is -2.32. The molecule has 0 aromatic carbocycles. The van der Waals surface area contributed by atoms with Crippen molar-refractivity contribution in [3.8, 4) is 0 Å². The largest absolute Gasteiger partial charge is 0.466 e. The summed E-state index contributed by atoms with van der Waals surface area (Å²) in [7, 11) is 0. The summed E-state index contributed by atoms with van der Waals surface area (Å²) in [5.74, 6) is -0.243. The van der Waals surface area contributed by atoms with Crippen LogP contribution in [0.2, 0.25) is 5.02 Å². The number of esters is 1. The fourth-order valence-corrected chi connectivity index (χ4v) is 2.52. The van der Waals surface area contributed by atoms with Gasteiger partial charge in [0.25, 0.3) is 5.56 Å². The Hall–Kier alpha value is -1.56. The summed E-state index contributed by atoms with van der Waals surface area (Å²) in [4.78, 5) is 25.2. The second-order valence-electron chi connectivity index (χ2n) is 4.41.